The zero-order valence-corrected chi connectivity index (χ0v) is 14.9. The SMILES string of the molecule is CN1Cc2c(Cl)cc(Cl)cc2C(c2ccc(C(N)=O)cc2)C1.Cl. The Balaban J connectivity index is 0.00000192. The third-order valence-corrected chi connectivity index (χ3v) is 4.65. The molecular formula is C17H17Cl3N2O. The fraction of sp³-hybridized carbons (Fsp3) is 0.235. The van der Waals surface area contributed by atoms with Gasteiger partial charge in [0, 0.05) is 34.6 Å². The second kappa shape index (κ2) is 7.10. The number of carbonyl (C=O) groups excluding carboxylic acids is 1. The van der Waals surface area contributed by atoms with Gasteiger partial charge in [-0.05, 0) is 48.0 Å². The first-order chi connectivity index (χ1) is 10.5. The third kappa shape index (κ3) is 3.64. The lowest BCUT2D eigenvalue weighted by Crippen LogP contribution is -2.31. The van der Waals surface area contributed by atoms with Crippen LogP contribution in [0.4, 0.5) is 0 Å². The van der Waals surface area contributed by atoms with Gasteiger partial charge in [-0.3, -0.25) is 4.79 Å². The average Bonchev–Trinajstić information content (AvgIpc) is 2.47. The van der Waals surface area contributed by atoms with Gasteiger partial charge in [-0.2, -0.15) is 0 Å². The smallest absolute Gasteiger partial charge is 0.248 e. The maximum absolute atomic E-state index is 11.2. The molecule has 1 unspecified atom stereocenters. The standard InChI is InChI=1S/C17H16Cl2N2O.ClH/c1-21-8-14(10-2-4-11(5-3-10)17(20)22)13-6-12(18)7-16(19)15(13)9-21;/h2-7,14H,8-9H2,1H3,(H2,20,22);1H. The Labute approximate surface area is 151 Å². The van der Waals surface area contributed by atoms with Gasteiger partial charge in [0.2, 0.25) is 5.91 Å². The highest BCUT2D eigenvalue weighted by molar-refractivity contribution is 6.35. The van der Waals surface area contributed by atoms with E-state index in [0.717, 1.165) is 29.8 Å². The number of nitrogens with zero attached hydrogens (tertiary/aromatic N) is 1. The van der Waals surface area contributed by atoms with Crippen LogP contribution in [0.1, 0.15) is 33.0 Å². The zero-order chi connectivity index (χ0) is 15.9. The van der Waals surface area contributed by atoms with Crippen LogP contribution in [0.2, 0.25) is 10.0 Å². The van der Waals surface area contributed by atoms with E-state index in [-0.39, 0.29) is 18.3 Å². The van der Waals surface area contributed by atoms with Crippen molar-refractivity contribution in [1.29, 1.82) is 0 Å². The van der Waals surface area contributed by atoms with E-state index in [4.69, 9.17) is 28.9 Å². The number of hydrogen-bond acceptors (Lipinski definition) is 2. The summed E-state index contributed by atoms with van der Waals surface area (Å²) < 4.78 is 0. The molecule has 0 aliphatic carbocycles. The molecule has 0 saturated carbocycles. The second-order valence-electron chi connectivity index (χ2n) is 5.69. The van der Waals surface area contributed by atoms with E-state index in [1.165, 1.54) is 0 Å². The van der Waals surface area contributed by atoms with Crippen molar-refractivity contribution >= 4 is 41.5 Å². The lowest BCUT2D eigenvalue weighted by atomic mass is 9.84. The van der Waals surface area contributed by atoms with Gasteiger partial charge in [0.1, 0.15) is 0 Å². The van der Waals surface area contributed by atoms with Gasteiger partial charge in [-0.15, -0.1) is 12.4 Å². The topological polar surface area (TPSA) is 46.3 Å². The largest absolute Gasteiger partial charge is 0.366 e. The molecule has 1 aliphatic rings. The number of hydrogen-bond donors (Lipinski definition) is 1. The van der Waals surface area contributed by atoms with Crippen molar-refractivity contribution in [2.75, 3.05) is 13.6 Å². The molecule has 3 nitrogen and oxygen atoms in total. The zero-order valence-electron chi connectivity index (χ0n) is 12.6. The quantitative estimate of drug-likeness (QED) is 0.864. The van der Waals surface area contributed by atoms with E-state index in [2.05, 4.69) is 11.9 Å². The molecule has 1 aliphatic heterocycles. The molecule has 2 aromatic rings. The van der Waals surface area contributed by atoms with Gasteiger partial charge in [0.25, 0.3) is 0 Å². The Morgan fingerprint density at radius 2 is 1.87 bits per heavy atom. The van der Waals surface area contributed by atoms with Crippen LogP contribution in [0.3, 0.4) is 0 Å². The molecule has 1 heterocycles. The van der Waals surface area contributed by atoms with Crippen LogP contribution in [-0.4, -0.2) is 24.4 Å². The molecule has 1 amide bonds. The molecule has 0 spiro atoms. The first kappa shape index (κ1) is 18.1. The summed E-state index contributed by atoms with van der Waals surface area (Å²) in [4.78, 5) is 13.4. The van der Waals surface area contributed by atoms with Crippen molar-refractivity contribution in [2.24, 2.45) is 5.73 Å². The summed E-state index contributed by atoms with van der Waals surface area (Å²) in [6.07, 6.45) is 0. The number of halogens is 3. The van der Waals surface area contributed by atoms with E-state index in [0.29, 0.717) is 15.6 Å². The number of primary amides is 1. The molecule has 2 N–H and O–H groups in total. The molecule has 0 saturated heterocycles. The van der Waals surface area contributed by atoms with Gasteiger partial charge >= 0.3 is 0 Å². The van der Waals surface area contributed by atoms with Crippen molar-refractivity contribution in [2.45, 2.75) is 12.5 Å². The van der Waals surface area contributed by atoms with Crippen molar-refractivity contribution < 1.29 is 4.79 Å². The number of rotatable bonds is 2. The van der Waals surface area contributed by atoms with Crippen LogP contribution in [0.5, 0.6) is 0 Å². The van der Waals surface area contributed by atoms with Crippen molar-refractivity contribution in [3.8, 4) is 0 Å². The Bertz CT molecular complexity index is 731. The summed E-state index contributed by atoms with van der Waals surface area (Å²) in [6, 6.07) is 11.2. The molecule has 3 rings (SSSR count). The predicted octanol–water partition coefficient (Wildman–Crippen LogP) is 4.09. The minimum absolute atomic E-state index is 0. The summed E-state index contributed by atoms with van der Waals surface area (Å²) >= 11 is 12.5. The molecule has 0 fully saturated rings. The van der Waals surface area contributed by atoms with E-state index in [1.807, 2.05) is 18.2 Å². The molecule has 0 radical (unpaired) electrons. The molecule has 1 atom stereocenters. The maximum atomic E-state index is 11.2. The monoisotopic (exact) mass is 370 g/mol. The summed E-state index contributed by atoms with van der Waals surface area (Å²) in [5, 5.41) is 1.35. The molecule has 122 valence electrons. The van der Waals surface area contributed by atoms with E-state index < -0.39 is 5.91 Å². The molecule has 6 heteroatoms. The number of carbonyl (C=O) groups is 1. The predicted molar refractivity (Wildman–Crippen MR) is 96.8 cm³/mol. The Hall–Kier alpha value is -1.26. The minimum Gasteiger partial charge on any atom is -0.366 e. The Kier molecular flexibility index (Phi) is 5.58. The van der Waals surface area contributed by atoms with Gasteiger partial charge in [0.05, 0.1) is 0 Å². The van der Waals surface area contributed by atoms with E-state index in [1.54, 1.807) is 18.2 Å². The number of nitrogens with two attached hydrogens (primary N) is 1. The Morgan fingerprint density at radius 3 is 2.48 bits per heavy atom. The molecule has 0 aromatic heterocycles. The average molecular weight is 372 g/mol. The highest BCUT2D eigenvalue weighted by Crippen LogP contribution is 2.38. The van der Waals surface area contributed by atoms with Crippen LogP contribution in [0, 0.1) is 0 Å². The summed E-state index contributed by atoms with van der Waals surface area (Å²) in [5.74, 6) is -0.245. The maximum Gasteiger partial charge on any atom is 0.248 e. The third-order valence-electron chi connectivity index (χ3n) is 4.09. The highest BCUT2D eigenvalue weighted by atomic mass is 35.5. The number of likely N-dealkylation sites (N-methyl/N-ethyl adjacent to an activating group) is 1. The first-order valence-corrected chi connectivity index (χ1v) is 7.77. The molecule has 0 bridgehead atoms. The van der Waals surface area contributed by atoms with Gasteiger partial charge in [-0.25, -0.2) is 0 Å². The summed E-state index contributed by atoms with van der Waals surface area (Å²) in [7, 11) is 2.07. The van der Waals surface area contributed by atoms with Crippen molar-refractivity contribution in [1.82, 2.24) is 4.90 Å². The van der Waals surface area contributed by atoms with Crippen molar-refractivity contribution in [3.63, 3.8) is 0 Å². The number of amides is 1. The molecular weight excluding hydrogens is 355 g/mol. The minimum atomic E-state index is -0.418. The van der Waals surface area contributed by atoms with Crippen molar-refractivity contribution in [3.05, 3.63) is 68.7 Å². The van der Waals surface area contributed by atoms with Gasteiger partial charge < -0.3 is 10.6 Å². The van der Waals surface area contributed by atoms with Gasteiger partial charge in [0.15, 0.2) is 0 Å². The Morgan fingerprint density at radius 1 is 1.22 bits per heavy atom. The molecule has 2 aromatic carbocycles. The van der Waals surface area contributed by atoms with Crippen LogP contribution >= 0.6 is 35.6 Å². The van der Waals surface area contributed by atoms with E-state index in [9.17, 15) is 4.79 Å². The number of fused-ring (bicyclic) bond motifs is 1. The normalized spacial score (nSPS) is 17.3. The summed E-state index contributed by atoms with van der Waals surface area (Å²) in [6.45, 7) is 1.68. The second-order valence-corrected chi connectivity index (χ2v) is 6.53. The highest BCUT2D eigenvalue weighted by Gasteiger charge is 2.27. The van der Waals surface area contributed by atoms with Crippen LogP contribution in [0.25, 0.3) is 0 Å². The first-order valence-electron chi connectivity index (χ1n) is 7.02. The fourth-order valence-electron chi connectivity index (χ4n) is 3.01. The fourth-order valence-corrected chi connectivity index (χ4v) is 3.58. The van der Waals surface area contributed by atoms with Crippen LogP contribution in [0.15, 0.2) is 36.4 Å². The lowest BCUT2D eigenvalue weighted by molar-refractivity contribution is 0.100. The van der Waals surface area contributed by atoms with Crippen LogP contribution < -0.4 is 5.73 Å². The van der Waals surface area contributed by atoms with Gasteiger partial charge in [-0.1, -0.05) is 35.3 Å². The van der Waals surface area contributed by atoms with E-state index >= 15 is 0 Å². The van der Waals surface area contributed by atoms with Crippen LogP contribution in [-0.2, 0) is 6.54 Å². The lowest BCUT2D eigenvalue weighted by Gasteiger charge is -2.33. The molecule has 23 heavy (non-hydrogen) atoms. The number of benzene rings is 2. The summed E-state index contributed by atoms with van der Waals surface area (Å²) in [5.41, 5.74) is 9.20.